The number of H-pyrrole nitrogens is 1. The van der Waals surface area contributed by atoms with E-state index in [0.29, 0.717) is 38.8 Å². The Hall–Kier alpha value is -6.25. The summed E-state index contributed by atoms with van der Waals surface area (Å²) in [5.74, 6) is -1.03. The third-order valence-corrected chi connectivity index (χ3v) is 9.23. The molecule has 14 heteroatoms. The van der Waals surface area contributed by atoms with Crippen molar-refractivity contribution in [2.45, 2.75) is 21.8 Å². The third-order valence-electron chi connectivity index (χ3n) is 7.10. The van der Waals surface area contributed by atoms with Crippen LogP contribution in [0.15, 0.2) is 124 Å². The van der Waals surface area contributed by atoms with Crippen molar-refractivity contribution in [1.82, 2.24) is 19.9 Å². The molecule has 256 valence electrons. The molecule has 6 aromatic rings. The van der Waals surface area contributed by atoms with Crippen molar-refractivity contribution in [3.05, 3.63) is 170 Å². The van der Waals surface area contributed by atoms with Crippen molar-refractivity contribution in [3.8, 4) is 22.5 Å². The summed E-state index contributed by atoms with van der Waals surface area (Å²) in [5, 5.41) is 19.0. The number of aromatic amines is 1. The van der Waals surface area contributed by atoms with Gasteiger partial charge in [0.15, 0.2) is 10.3 Å². The SMILES string of the molecule is [C-]#[N+]c1c(-c2ccccc2)nc(SCc2cccc(C(=O)O)c2)[nH]c1=O.[C-]#[N+]c1c(Cl)nc(SCc2cccc(C(=O)O)c2)nc1-c1ccccc1. The van der Waals surface area contributed by atoms with Crippen molar-refractivity contribution in [2.24, 2.45) is 0 Å². The Bertz CT molecular complexity index is 2400. The van der Waals surface area contributed by atoms with Gasteiger partial charge < -0.3 is 15.2 Å². The van der Waals surface area contributed by atoms with Crippen LogP contribution in [0.25, 0.3) is 32.2 Å². The van der Waals surface area contributed by atoms with Crippen molar-refractivity contribution < 1.29 is 19.8 Å². The van der Waals surface area contributed by atoms with Crippen LogP contribution in [0.5, 0.6) is 0 Å². The first kappa shape index (κ1) is 37.0. The number of nitrogens with zero attached hydrogens (tertiary/aromatic N) is 5. The fourth-order valence-corrected chi connectivity index (χ4v) is 6.53. The fraction of sp³-hybridized carbons (Fsp3) is 0.0526. The van der Waals surface area contributed by atoms with Crippen LogP contribution >= 0.6 is 35.1 Å². The second-order valence-corrected chi connectivity index (χ2v) is 12.9. The molecule has 11 nitrogen and oxygen atoms in total. The molecule has 0 aliphatic carbocycles. The lowest BCUT2D eigenvalue weighted by molar-refractivity contribution is 0.0686. The molecule has 52 heavy (non-hydrogen) atoms. The number of nitrogens with one attached hydrogen (secondary N) is 1. The largest absolute Gasteiger partial charge is 0.478 e. The van der Waals surface area contributed by atoms with Crippen LogP contribution in [0.3, 0.4) is 0 Å². The summed E-state index contributed by atoms with van der Waals surface area (Å²) in [6.07, 6.45) is 0. The summed E-state index contributed by atoms with van der Waals surface area (Å²) in [4.78, 5) is 56.8. The quantitative estimate of drug-likeness (QED) is 0.0535. The summed E-state index contributed by atoms with van der Waals surface area (Å²) in [7, 11) is 0. The molecule has 0 radical (unpaired) electrons. The molecule has 0 fully saturated rings. The first-order chi connectivity index (χ1) is 25.2. The molecule has 0 unspecified atom stereocenters. The number of aromatic nitrogens is 4. The highest BCUT2D eigenvalue weighted by Gasteiger charge is 2.16. The Labute approximate surface area is 311 Å². The second-order valence-electron chi connectivity index (χ2n) is 10.6. The zero-order chi connectivity index (χ0) is 37.0. The van der Waals surface area contributed by atoms with Gasteiger partial charge in [-0.15, -0.1) is 0 Å². The van der Waals surface area contributed by atoms with Crippen LogP contribution in [-0.4, -0.2) is 42.1 Å². The van der Waals surface area contributed by atoms with Gasteiger partial charge in [0.25, 0.3) is 11.2 Å². The number of carbonyl (C=O) groups is 2. The highest BCUT2D eigenvalue weighted by molar-refractivity contribution is 7.98. The molecule has 2 aromatic heterocycles. The van der Waals surface area contributed by atoms with E-state index < -0.39 is 17.5 Å². The standard InChI is InChI=1S/C19H12ClN3O2S.C19H13N3O3S/c1-21-16-15(13-7-3-2-4-8-13)22-19(23-17(16)20)26-11-12-6-5-9-14(10-12)18(24)25;1-20-16-15(13-7-3-2-4-8-13)21-19(22-17(16)23)26-11-12-6-5-9-14(10-12)18(24)25/h2-10H,11H2,(H,24,25);2-10H,11H2,(H,24,25)(H,21,22,23). The van der Waals surface area contributed by atoms with E-state index >= 15 is 0 Å². The maximum atomic E-state index is 12.2. The highest BCUT2D eigenvalue weighted by atomic mass is 35.5. The number of aromatic carboxylic acids is 2. The van der Waals surface area contributed by atoms with E-state index in [1.165, 1.54) is 29.6 Å². The Kier molecular flexibility index (Phi) is 12.5. The van der Waals surface area contributed by atoms with Crippen LogP contribution in [0, 0.1) is 13.1 Å². The van der Waals surface area contributed by atoms with Crippen molar-refractivity contribution in [1.29, 1.82) is 0 Å². The minimum absolute atomic E-state index is 0.0478. The monoisotopic (exact) mass is 744 g/mol. The molecular weight excluding hydrogens is 720 g/mol. The Morgan fingerprint density at radius 2 is 1.17 bits per heavy atom. The lowest BCUT2D eigenvalue weighted by Crippen LogP contribution is -2.09. The maximum Gasteiger partial charge on any atom is 0.335 e. The summed E-state index contributed by atoms with van der Waals surface area (Å²) in [6, 6.07) is 31.7. The van der Waals surface area contributed by atoms with Crippen LogP contribution in [0.2, 0.25) is 5.15 Å². The number of carboxylic acid groups (broad SMARTS) is 2. The summed E-state index contributed by atoms with van der Waals surface area (Å²) in [5.41, 5.74) is 4.07. The molecule has 0 spiro atoms. The topological polar surface area (TPSA) is 155 Å². The van der Waals surface area contributed by atoms with Crippen LogP contribution in [0.1, 0.15) is 31.8 Å². The molecule has 0 amide bonds. The van der Waals surface area contributed by atoms with E-state index in [0.717, 1.165) is 16.7 Å². The summed E-state index contributed by atoms with van der Waals surface area (Å²) < 4.78 is 0. The second kappa shape index (κ2) is 17.6. The predicted molar refractivity (Wildman–Crippen MR) is 201 cm³/mol. The van der Waals surface area contributed by atoms with E-state index in [1.807, 2.05) is 60.7 Å². The number of rotatable bonds is 10. The van der Waals surface area contributed by atoms with Gasteiger partial charge in [-0.25, -0.2) is 34.2 Å². The Morgan fingerprint density at radius 3 is 1.67 bits per heavy atom. The van der Waals surface area contributed by atoms with Gasteiger partial charge in [-0.3, -0.25) is 4.79 Å². The first-order valence-electron chi connectivity index (χ1n) is 15.1. The molecule has 0 bridgehead atoms. The summed E-state index contributed by atoms with van der Waals surface area (Å²) >= 11 is 8.78. The minimum atomic E-state index is -0.990. The number of hydrogen-bond donors (Lipinski definition) is 3. The van der Waals surface area contributed by atoms with E-state index in [9.17, 15) is 14.4 Å². The van der Waals surface area contributed by atoms with Crippen molar-refractivity contribution in [3.63, 3.8) is 0 Å². The van der Waals surface area contributed by atoms with Crippen LogP contribution < -0.4 is 5.56 Å². The van der Waals surface area contributed by atoms with E-state index in [2.05, 4.69) is 29.6 Å². The number of benzene rings is 4. The average Bonchev–Trinajstić information content (AvgIpc) is 3.17. The van der Waals surface area contributed by atoms with Gasteiger partial charge in [-0.05, 0) is 46.5 Å². The van der Waals surface area contributed by atoms with Gasteiger partial charge in [0, 0.05) is 11.5 Å². The lowest BCUT2D eigenvalue weighted by Gasteiger charge is -2.08. The molecule has 0 atom stereocenters. The van der Waals surface area contributed by atoms with Crippen LogP contribution in [0.4, 0.5) is 11.4 Å². The Balaban J connectivity index is 0.000000201. The number of hydrogen-bond acceptors (Lipinski definition) is 8. The molecule has 3 N–H and O–H groups in total. The summed E-state index contributed by atoms with van der Waals surface area (Å²) in [6.45, 7) is 14.6. The molecule has 4 aromatic carbocycles. The van der Waals surface area contributed by atoms with Gasteiger partial charge in [-0.2, -0.15) is 0 Å². The molecule has 0 aliphatic rings. The molecule has 2 heterocycles. The fourth-order valence-electron chi connectivity index (χ4n) is 4.67. The Morgan fingerprint density at radius 1 is 0.673 bits per heavy atom. The predicted octanol–water partition coefficient (Wildman–Crippen LogP) is 9.32. The number of carboxylic acids is 2. The van der Waals surface area contributed by atoms with Gasteiger partial charge in [0.1, 0.15) is 5.15 Å². The number of thioether (sulfide) groups is 2. The average molecular weight is 745 g/mol. The van der Waals surface area contributed by atoms with E-state index in [4.69, 9.17) is 35.0 Å². The molecular formula is C38H25ClN6O5S2. The van der Waals surface area contributed by atoms with E-state index in [1.54, 1.807) is 42.5 Å². The maximum absolute atomic E-state index is 12.2. The molecule has 6 rings (SSSR count). The van der Waals surface area contributed by atoms with Crippen LogP contribution in [-0.2, 0) is 11.5 Å². The van der Waals surface area contributed by atoms with Crippen molar-refractivity contribution >= 4 is 58.4 Å². The van der Waals surface area contributed by atoms with Gasteiger partial charge >= 0.3 is 11.9 Å². The number of halogens is 1. The van der Waals surface area contributed by atoms with Gasteiger partial charge in [0.2, 0.25) is 5.69 Å². The first-order valence-corrected chi connectivity index (χ1v) is 17.5. The molecule has 0 saturated carbocycles. The lowest BCUT2D eigenvalue weighted by atomic mass is 10.1. The zero-order valence-corrected chi connectivity index (χ0v) is 29.2. The van der Waals surface area contributed by atoms with Crippen molar-refractivity contribution in [2.75, 3.05) is 0 Å². The van der Waals surface area contributed by atoms with Gasteiger partial charge in [0.05, 0.1) is 35.7 Å². The normalized spacial score (nSPS) is 10.3. The zero-order valence-electron chi connectivity index (χ0n) is 26.9. The van der Waals surface area contributed by atoms with Gasteiger partial charge in [-0.1, -0.05) is 120 Å². The van der Waals surface area contributed by atoms with E-state index in [-0.39, 0.29) is 27.7 Å². The highest BCUT2D eigenvalue weighted by Crippen LogP contribution is 2.36. The minimum Gasteiger partial charge on any atom is -0.478 e. The molecule has 0 aliphatic heterocycles. The molecule has 0 saturated heterocycles. The smallest absolute Gasteiger partial charge is 0.335 e. The third kappa shape index (κ3) is 9.50.